The Hall–Kier alpha value is -2.60. The Bertz CT molecular complexity index is 906. The van der Waals surface area contributed by atoms with Crippen molar-refractivity contribution in [3.8, 4) is 0 Å². The van der Waals surface area contributed by atoms with Crippen LogP contribution in [0.1, 0.15) is 43.2 Å². The first-order valence-corrected chi connectivity index (χ1v) is 12.7. The zero-order chi connectivity index (χ0) is 22.5. The van der Waals surface area contributed by atoms with Crippen LogP contribution in [0.15, 0.2) is 53.7 Å². The van der Waals surface area contributed by atoms with Gasteiger partial charge >= 0.3 is 0 Å². The third-order valence-electron chi connectivity index (χ3n) is 7.61. The Kier molecular flexibility index (Phi) is 7.10. The maximum atomic E-state index is 4.70. The van der Waals surface area contributed by atoms with Gasteiger partial charge in [-0.25, -0.2) is 4.98 Å². The lowest BCUT2D eigenvalue weighted by Gasteiger charge is -2.48. The Morgan fingerprint density at radius 1 is 0.970 bits per heavy atom. The fourth-order valence-corrected chi connectivity index (χ4v) is 5.88. The summed E-state index contributed by atoms with van der Waals surface area (Å²) in [5, 5.41) is 3.60. The van der Waals surface area contributed by atoms with Crippen LogP contribution in [0.2, 0.25) is 0 Å². The van der Waals surface area contributed by atoms with E-state index in [0.29, 0.717) is 6.04 Å². The molecule has 3 saturated heterocycles. The summed E-state index contributed by atoms with van der Waals surface area (Å²) in [6, 6.07) is 16.0. The molecule has 176 valence electrons. The van der Waals surface area contributed by atoms with E-state index in [2.05, 4.69) is 67.5 Å². The van der Waals surface area contributed by atoms with Crippen LogP contribution in [0.3, 0.4) is 0 Å². The van der Waals surface area contributed by atoms with Crippen LogP contribution in [0.5, 0.6) is 0 Å². The number of pyridine rings is 1. The number of benzene rings is 1. The molecule has 2 atom stereocenters. The SMILES string of the molecule is CN=C(NCc1ccc(N2CCCC2)nc1)N1CCC2C(CCCN2Cc2ccccc2)C1. The van der Waals surface area contributed by atoms with Crippen LogP contribution in [0.4, 0.5) is 5.82 Å². The second kappa shape index (κ2) is 10.6. The van der Waals surface area contributed by atoms with Gasteiger partial charge in [0.25, 0.3) is 0 Å². The summed E-state index contributed by atoms with van der Waals surface area (Å²) in [5.74, 6) is 2.86. The van der Waals surface area contributed by atoms with E-state index in [9.17, 15) is 0 Å². The van der Waals surface area contributed by atoms with Gasteiger partial charge in [0.15, 0.2) is 5.96 Å². The lowest BCUT2D eigenvalue weighted by molar-refractivity contribution is 0.0372. The highest BCUT2D eigenvalue weighted by atomic mass is 15.3. The third-order valence-corrected chi connectivity index (χ3v) is 7.61. The Balaban J connectivity index is 1.15. The number of rotatable bonds is 5. The molecule has 0 aliphatic carbocycles. The molecule has 0 amide bonds. The molecule has 6 nitrogen and oxygen atoms in total. The summed E-state index contributed by atoms with van der Waals surface area (Å²) in [6.45, 7) is 7.51. The fourth-order valence-electron chi connectivity index (χ4n) is 5.88. The molecule has 2 aromatic rings. The number of likely N-dealkylation sites (tertiary alicyclic amines) is 2. The molecular weight excluding hydrogens is 408 g/mol. The van der Waals surface area contributed by atoms with E-state index in [1.165, 1.54) is 49.8 Å². The van der Waals surface area contributed by atoms with Crippen molar-refractivity contribution in [2.75, 3.05) is 44.7 Å². The van der Waals surface area contributed by atoms with E-state index in [4.69, 9.17) is 4.98 Å². The minimum atomic E-state index is 0.690. The molecule has 0 radical (unpaired) electrons. The topological polar surface area (TPSA) is 47.0 Å². The highest BCUT2D eigenvalue weighted by Crippen LogP contribution is 2.31. The number of aromatic nitrogens is 1. The first-order valence-electron chi connectivity index (χ1n) is 12.7. The van der Waals surface area contributed by atoms with Gasteiger partial charge in [-0.2, -0.15) is 0 Å². The molecule has 4 heterocycles. The van der Waals surface area contributed by atoms with E-state index in [0.717, 1.165) is 57.0 Å². The van der Waals surface area contributed by atoms with Crippen molar-refractivity contribution >= 4 is 11.8 Å². The van der Waals surface area contributed by atoms with Gasteiger partial charge < -0.3 is 15.1 Å². The van der Waals surface area contributed by atoms with Crippen molar-refractivity contribution in [1.82, 2.24) is 20.1 Å². The Labute approximate surface area is 198 Å². The maximum absolute atomic E-state index is 4.70. The number of nitrogens with one attached hydrogen (secondary N) is 1. The van der Waals surface area contributed by atoms with Gasteiger partial charge in [-0.3, -0.25) is 9.89 Å². The number of aliphatic imine (C=N–C) groups is 1. The summed E-state index contributed by atoms with van der Waals surface area (Å²) < 4.78 is 0. The first-order chi connectivity index (χ1) is 16.3. The van der Waals surface area contributed by atoms with Crippen LogP contribution in [-0.2, 0) is 13.1 Å². The molecular formula is C27H38N6. The first kappa shape index (κ1) is 22.2. The number of nitrogens with zero attached hydrogens (tertiary/aromatic N) is 5. The number of piperidine rings is 2. The van der Waals surface area contributed by atoms with Crippen molar-refractivity contribution in [2.24, 2.45) is 10.9 Å². The number of anilines is 1. The minimum Gasteiger partial charge on any atom is -0.357 e. The number of hydrogen-bond donors (Lipinski definition) is 1. The lowest BCUT2D eigenvalue weighted by Crippen LogP contribution is -2.56. The summed E-state index contributed by atoms with van der Waals surface area (Å²) in [7, 11) is 1.91. The minimum absolute atomic E-state index is 0.690. The molecule has 0 saturated carbocycles. The van der Waals surface area contributed by atoms with Gasteiger partial charge in [0.2, 0.25) is 0 Å². The zero-order valence-electron chi connectivity index (χ0n) is 20.0. The normalized spacial score (nSPS) is 24.1. The molecule has 3 fully saturated rings. The predicted octanol–water partition coefficient (Wildman–Crippen LogP) is 3.74. The van der Waals surface area contributed by atoms with Gasteiger partial charge in [0.1, 0.15) is 5.82 Å². The Morgan fingerprint density at radius 2 is 1.82 bits per heavy atom. The fraction of sp³-hybridized carbons (Fsp3) is 0.556. The van der Waals surface area contributed by atoms with E-state index in [-0.39, 0.29) is 0 Å². The number of guanidine groups is 1. The van der Waals surface area contributed by atoms with Crippen molar-refractivity contribution in [3.05, 3.63) is 59.8 Å². The Morgan fingerprint density at radius 3 is 2.58 bits per heavy atom. The van der Waals surface area contributed by atoms with Crippen LogP contribution < -0.4 is 10.2 Å². The molecule has 1 N–H and O–H groups in total. The van der Waals surface area contributed by atoms with Crippen LogP contribution in [0, 0.1) is 5.92 Å². The molecule has 33 heavy (non-hydrogen) atoms. The maximum Gasteiger partial charge on any atom is 0.193 e. The van der Waals surface area contributed by atoms with E-state index >= 15 is 0 Å². The van der Waals surface area contributed by atoms with E-state index in [1.807, 2.05) is 13.2 Å². The van der Waals surface area contributed by atoms with Gasteiger partial charge in [0.05, 0.1) is 0 Å². The molecule has 1 aromatic heterocycles. The number of hydrogen-bond acceptors (Lipinski definition) is 4. The molecule has 3 aliphatic rings. The van der Waals surface area contributed by atoms with Crippen LogP contribution >= 0.6 is 0 Å². The smallest absolute Gasteiger partial charge is 0.193 e. The van der Waals surface area contributed by atoms with E-state index < -0.39 is 0 Å². The monoisotopic (exact) mass is 446 g/mol. The molecule has 6 heteroatoms. The average molecular weight is 447 g/mol. The van der Waals surface area contributed by atoms with Crippen molar-refractivity contribution in [3.63, 3.8) is 0 Å². The average Bonchev–Trinajstić information content (AvgIpc) is 3.41. The van der Waals surface area contributed by atoms with Crippen molar-refractivity contribution in [2.45, 2.75) is 51.2 Å². The number of fused-ring (bicyclic) bond motifs is 1. The molecule has 0 bridgehead atoms. The standard InChI is InChI=1S/C27H38N6/c1-28-27(30-19-23-11-12-26(29-18-23)31-14-5-6-15-31)33-17-13-25-24(21-33)10-7-16-32(25)20-22-8-3-2-4-9-22/h2-4,8-9,11-12,18,24-25H,5-7,10,13-17,19-21H2,1H3,(H,28,30). The summed E-state index contributed by atoms with van der Waals surface area (Å²) in [5.41, 5.74) is 2.64. The van der Waals surface area contributed by atoms with Gasteiger partial charge in [-0.15, -0.1) is 0 Å². The van der Waals surface area contributed by atoms with Gasteiger partial charge in [0, 0.05) is 58.6 Å². The van der Waals surface area contributed by atoms with Gasteiger partial charge in [-0.05, 0) is 61.8 Å². The molecule has 5 rings (SSSR count). The van der Waals surface area contributed by atoms with Crippen LogP contribution in [-0.4, -0.2) is 66.6 Å². The summed E-state index contributed by atoms with van der Waals surface area (Å²) in [4.78, 5) is 16.9. The van der Waals surface area contributed by atoms with Gasteiger partial charge in [-0.1, -0.05) is 36.4 Å². The van der Waals surface area contributed by atoms with E-state index in [1.54, 1.807) is 0 Å². The predicted molar refractivity (Wildman–Crippen MR) is 135 cm³/mol. The highest BCUT2D eigenvalue weighted by molar-refractivity contribution is 5.80. The molecule has 1 aromatic carbocycles. The second-order valence-corrected chi connectivity index (χ2v) is 9.78. The molecule has 3 aliphatic heterocycles. The van der Waals surface area contributed by atoms with Crippen molar-refractivity contribution < 1.29 is 0 Å². The van der Waals surface area contributed by atoms with Crippen molar-refractivity contribution in [1.29, 1.82) is 0 Å². The lowest BCUT2D eigenvalue weighted by atomic mass is 9.83. The quantitative estimate of drug-likeness (QED) is 0.560. The molecule has 2 unspecified atom stereocenters. The largest absolute Gasteiger partial charge is 0.357 e. The summed E-state index contributed by atoms with van der Waals surface area (Å²) in [6.07, 6.45) is 8.41. The second-order valence-electron chi connectivity index (χ2n) is 9.78. The molecule has 0 spiro atoms. The third kappa shape index (κ3) is 5.32. The summed E-state index contributed by atoms with van der Waals surface area (Å²) >= 11 is 0. The van der Waals surface area contributed by atoms with Crippen LogP contribution in [0.25, 0.3) is 0 Å². The zero-order valence-corrected chi connectivity index (χ0v) is 20.0. The highest BCUT2D eigenvalue weighted by Gasteiger charge is 2.36.